The molecule has 5 unspecified atom stereocenters. The number of hydrogen-bond acceptors (Lipinski definition) is 2. The highest BCUT2D eigenvalue weighted by molar-refractivity contribution is 5.71. The topological polar surface area (TPSA) is 74.6 Å². The molecule has 0 radical (unpaired) electrons. The van der Waals surface area contributed by atoms with E-state index in [0.29, 0.717) is 30.6 Å². The van der Waals surface area contributed by atoms with Crippen LogP contribution in [0.2, 0.25) is 0 Å². The van der Waals surface area contributed by atoms with Crippen molar-refractivity contribution in [1.82, 2.24) is 0 Å². The summed E-state index contributed by atoms with van der Waals surface area (Å²) in [5, 5.41) is 18.6. The van der Waals surface area contributed by atoms with E-state index in [0.717, 1.165) is 12.8 Å². The fourth-order valence-electron chi connectivity index (χ4n) is 5.27. The molecule has 0 aromatic rings. The zero-order valence-electron chi connectivity index (χ0n) is 13.9. The Morgan fingerprint density at radius 2 is 1.82 bits per heavy atom. The molecular formula is C18H30O4. The van der Waals surface area contributed by atoms with Gasteiger partial charge in [-0.25, -0.2) is 0 Å². The van der Waals surface area contributed by atoms with E-state index in [1.54, 1.807) is 0 Å². The summed E-state index contributed by atoms with van der Waals surface area (Å²) in [7, 11) is 0. The Hall–Kier alpha value is -1.06. The highest BCUT2D eigenvalue weighted by Gasteiger charge is 2.53. The van der Waals surface area contributed by atoms with Crippen LogP contribution in [0.3, 0.4) is 0 Å². The van der Waals surface area contributed by atoms with Crippen molar-refractivity contribution in [3.63, 3.8) is 0 Å². The number of carbonyl (C=O) groups is 2. The van der Waals surface area contributed by atoms with E-state index in [-0.39, 0.29) is 11.8 Å². The van der Waals surface area contributed by atoms with Crippen LogP contribution in [0.1, 0.15) is 71.6 Å². The Labute approximate surface area is 133 Å². The lowest BCUT2D eigenvalue weighted by Crippen LogP contribution is -2.50. The minimum absolute atomic E-state index is 0.0718. The molecule has 2 aliphatic carbocycles. The van der Waals surface area contributed by atoms with Crippen molar-refractivity contribution in [3.05, 3.63) is 0 Å². The van der Waals surface area contributed by atoms with Crippen molar-refractivity contribution >= 4 is 11.9 Å². The Balaban J connectivity index is 2.20. The molecule has 0 amide bonds. The summed E-state index contributed by atoms with van der Waals surface area (Å²) in [5.74, 6) is -0.398. The van der Waals surface area contributed by atoms with E-state index in [4.69, 9.17) is 5.11 Å². The third-order valence-corrected chi connectivity index (χ3v) is 6.67. The Kier molecular flexibility index (Phi) is 5.51. The standard InChI is InChI=1S/C18H30O4/c1-12-10-11-13-6-3-4-7-14(13)18(12,2)15(17(21)22)8-5-9-16(19)20/h12-15H,3-11H2,1-2H3,(H,19,20)(H,21,22). The van der Waals surface area contributed by atoms with Crippen molar-refractivity contribution in [1.29, 1.82) is 0 Å². The fourth-order valence-corrected chi connectivity index (χ4v) is 5.27. The second-order valence-corrected chi connectivity index (χ2v) is 7.67. The first-order valence-electron chi connectivity index (χ1n) is 8.82. The second kappa shape index (κ2) is 7.01. The molecule has 0 aromatic carbocycles. The molecule has 2 rings (SSSR count). The van der Waals surface area contributed by atoms with Crippen LogP contribution in [-0.2, 0) is 9.59 Å². The van der Waals surface area contributed by atoms with Gasteiger partial charge < -0.3 is 10.2 Å². The SMILES string of the molecule is CC1CCC2CCCCC2C1(C)C(CCCC(=O)O)C(=O)O. The van der Waals surface area contributed by atoms with E-state index >= 15 is 0 Å². The molecule has 0 spiro atoms. The molecule has 22 heavy (non-hydrogen) atoms. The van der Waals surface area contributed by atoms with Gasteiger partial charge in [-0.05, 0) is 55.3 Å². The number of carboxylic acids is 2. The zero-order chi connectivity index (χ0) is 16.3. The molecule has 4 nitrogen and oxygen atoms in total. The molecule has 5 atom stereocenters. The van der Waals surface area contributed by atoms with E-state index in [1.807, 2.05) is 0 Å². The maximum absolute atomic E-state index is 12.0. The second-order valence-electron chi connectivity index (χ2n) is 7.67. The van der Waals surface area contributed by atoms with Gasteiger partial charge in [0.1, 0.15) is 0 Å². The first kappa shape index (κ1) is 17.3. The summed E-state index contributed by atoms with van der Waals surface area (Å²) in [4.78, 5) is 22.7. The summed E-state index contributed by atoms with van der Waals surface area (Å²) in [5.41, 5.74) is -0.187. The molecule has 0 bridgehead atoms. The highest BCUT2D eigenvalue weighted by atomic mass is 16.4. The molecule has 0 aromatic heterocycles. The molecule has 2 fully saturated rings. The van der Waals surface area contributed by atoms with Gasteiger partial charge in [0.05, 0.1) is 5.92 Å². The molecular weight excluding hydrogens is 280 g/mol. The predicted molar refractivity (Wildman–Crippen MR) is 84.6 cm³/mol. The zero-order valence-corrected chi connectivity index (χ0v) is 13.9. The third-order valence-electron chi connectivity index (χ3n) is 6.67. The van der Waals surface area contributed by atoms with Gasteiger partial charge in [0.15, 0.2) is 0 Å². The summed E-state index contributed by atoms with van der Waals surface area (Å²) >= 11 is 0. The van der Waals surface area contributed by atoms with Crippen LogP contribution in [0.4, 0.5) is 0 Å². The molecule has 0 aliphatic heterocycles. The monoisotopic (exact) mass is 310 g/mol. The number of aliphatic carboxylic acids is 2. The van der Waals surface area contributed by atoms with Gasteiger partial charge in [-0.3, -0.25) is 9.59 Å². The molecule has 4 heteroatoms. The average molecular weight is 310 g/mol. The quantitative estimate of drug-likeness (QED) is 0.771. The maximum Gasteiger partial charge on any atom is 0.307 e. The van der Waals surface area contributed by atoms with Gasteiger partial charge in [0.25, 0.3) is 0 Å². The molecule has 0 heterocycles. The minimum Gasteiger partial charge on any atom is -0.481 e. The molecule has 2 saturated carbocycles. The number of carboxylic acid groups (broad SMARTS) is 2. The van der Waals surface area contributed by atoms with Crippen molar-refractivity contribution in [2.45, 2.75) is 71.6 Å². The van der Waals surface area contributed by atoms with E-state index in [9.17, 15) is 14.7 Å². The van der Waals surface area contributed by atoms with Crippen LogP contribution < -0.4 is 0 Å². The van der Waals surface area contributed by atoms with Crippen molar-refractivity contribution in [3.8, 4) is 0 Å². The minimum atomic E-state index is -0.832. The van der Waals surface area contributed by atoms with Gasteiger partial charge >= 0.3 is 11.9 Å². The van der Waals surface area contributed by atoms with Crippen molar-refractivity contribution in [2.75, 3.05) is 0 Å². The van der Waals surface area contributed by atoms with Crippen molar-refractivity contribution in [2.24, 2.45) is 29.1 Å². The highest BCUT2D eigenvalue weighted by Crippen LogP contribution is 2.57. The van der Waals surface area contributed by atoms with Gasteiger partial charge in [-0.1, -0.05) is 33.1 Å². The Bertz CT molecular complexity index is 419. The summed E-state index contributed by atoms with van der Waals surface area (Å²) in [6.07, 6.45) is 8.26. The average Bonchev–Trinajstić information content (AvgIpc) is 2.47. The normalized spacial score (nSPS) is 36.4. The number of fused-ring (bicyclic) bond motifs is 1. The summed E-state index contributed by atoms with van der Waals surface area (Å²) in [6, 6.07) is 0. The van der Waals surface area contributed by atoms with Crippen molar-refractivity contribution < 1.29 is 19.8 Å². The molecule has 126 valence electrons. The first-order chi connectivity index (χ1) is 10.4. The van der Waals surface area contributed by atoms with Crippen LogP contribution in [0, 0.1) is 29.1 Å². The van der Waals surface area contributed by atoms with Crippen LogP contribution >= 0.6 is 0 Å². The maximum atomic E-state index is 12.0. The van der Waals surface area contributed by atoms with Crippen LogP contribution in [-0.4, -0.2) is 22.2 Å². The van der Waals surface area contributed by atoms with E-state index < -0.39 is 17.9 Å². The summed E-state index contributed by atoms with van der Waals surface area (Å²) in [6.45, 7) is 4.39. The Morgan fingerprint density at radius 3 is 2.45 bits per heavy atom. The lowest BCUT2D eigenvalue weighted by atomic mass is 9.49. The van der Waals surface area contributed by atoms with Crippen LogP contribution in [0.15, 0.2) is 0 Å². The summed E-state index contributed by atoms with van der Waals surface area (Å²) < 4.78 is 0. The van der Waals surface area contributed by atoms with Crippen LogP contribution in [0.25, 0.3) is 0 Å². The fraction of sp³-hybridized carbons (Fsp3) is 0.889. The van der Waals surface area contributed by atoms with Crippen LogP contribution in [0.5, 0.6) is 0 Å². The molecule has 2 aliphatic rings. The van der Waals surface area contributed by atoms with Gasteiger partial charge in [-0.15, -0.1) is 0 Å². The number of rotatable bonds is 6. The molecule has 2 N–H and O–H groups in total. The lowest BCUT2D eigenvalue weighted by Gasteiger charge is -2.55. The number of hydrogen-bond donors (Lipinski definition) is 2. The van der Waals surface area contributed by atoms with E-state index in [2.05, 4.69) is 13.8 Å². The third kappa shape index (κ3) is 3.31. The van der Waals surface area contributed by atoms with Gasteiger partial charge in [0, 0.05) is 6.42 Å². The lowest BCUT2D eigenvalue weighted by molar-refractivity contribution is -0.157. The largest absolute Gasteiger partial charge is 0.481 e. The predicted octanol–water partition coefficient (Wildman–Crippen LogP) is 4.18. The Morgan fingerprint density at radius 1 is 1.14 bits per heavy atom. The smallest absolute Gasteiger partial charge is 0.307 e. The van der Waals surface area contributed by atoms with Gasteiger partial charge in [0.2, 0.25) is 0 Å². The van der Waals surface area contributed by atoms with Gasteiger partial charge in [-0.2, -0.15) is 0 Å². The molecule has 0 saturated heterocycles. The first-order valence-corrected chi connectivity index (χ1v) is 8.82. The van der Waals surface area contributed by atoms with E-state index in [1.165, 1.54) is 25.7 Å².